The van der Waals surface area contributed by atoms with Crippen LogP contribution in [0.15, 0.2) is 144 Å². The lowest BCUT2D eigenvalue weighted by molar-refractivity contribution is 0.353. The Morgan fingerprint density at radius 3 is 2.22 bits per heavy atom. The summed E-state index contributed by atoms with van der Waals surface area (Å²) >= 11 is 1.85. The quantitative estimate of drug-likeness (QED) is 0.157. The Morgan fingerprint density at radius 2 is 1.33 bits per heavy atom. The van der Waals surface area contributed by atoms with Crippen LogP contribution in [0.25, 0.3) is 98.3 Å². The van der Waals surface area contributed by atoms with E-state index in [2.05, 4.69) is 156 Å². The molecule has 3 aliphatic rings. The molecule has 0 bridgehead atoms. The maximum absolute atomic E-state index is 6.65. The summed E-state index contributed by atoms with van der Waals surface area (Å²) < 4.78 is 9.14. The van der Waals surface area contributed by atoms with Crippen molar-refractivity contribution in [1.82, 2.24) is 9.97 Å². The van der Waals surface area contributed by atoms with Gasteiger partial charge in [0, 0.05) is 47.5 Å². The molecule has 1 saturated carbocycles. The highest BCUT2D eigenvalue weighted by molar-refractivity contribution is 7.26. The van der Waals surface area contributed by atoms with Crippen molar-refractivity contribution in [2.24, 2.45) is 0 Å². The van der Waals surface area contributed by atoms with E-state index in [9.17, 15) is 0 Å². The highest BCUT2D eigenvalue weighted by Crippen LogP contribution is 2.60. The lowest BCUT2D eigenvalue weighted by Crippen LogP contribution is -2.28. The molecular weight excluding hydrogens is 796 g/mol. The minimum absolute atomic E-state index is 0.0192. The zero-order chi connectivity index (χ0) is 42.9. The Balaban J connectivity index is 0.939. The molecule has 3 aromatic heterocycles. The zero-order valence-electron chi connectivity index (χ0n) is 37.0. The molecule has 5 heteroatoms. The summed E-state index contributed by atoms with van der Waals surface area (Å²) in [7, 11) is 2.29. The summed E-state index contributed by atoms with van der Waals surface area (Å²) in [5.41, 5.74) is 21.1. The topological polar surface area (TPSA) is 38.9 Å². The van der Waals surface area contributed by atoms with Gasteiger partial charge in [-0.3, -0.25) is 0 Å². The third-order valence-electron chi connectivity index (χ3n) is 15.3. The van der Waals surface area contributed by atoms with Crippen LogP contribution in [0.4, 0.5) is 0 Å². The second-order valence-electron chi connectivity index (χ2n) is 19.8. The molecular formula is C59H49BN2OS. The summed E-state index contributed by atoms with van der Waals surface area (Å²) in [5, 5.41) is 3.53. The van der Waals surface area contributed by atoms with Crippen molar-refractivity contribution < 1.29 is 4.42 Å². The molecule has 0 aliphatic heterocycles. The Kier molecular flexibility index (Phi) is 8.41. The number of fused-ring (bicyclic) bond motifs is 14. The van der Waals surface area contributed by atoms with Crippen LogP contribution in [-0.4, -0.2) is 17.8 Å². The van der Waals surface area contributed by atoms with Gasteiger partial charge in [-0.25, -0.2) is 9.97 Å². The molecule has 3 aliphatic carbocycles. The number of benzene rings is 7. The van der Waals surface area contributed by atoms with Crippen molar-refractivity contribution in [3.8, 4) is 56.0 Å². The highest BCUT2D eigenvalue weighted by atomic mass is 32.1. The summed E-state index contributed by atoms with van der Waals surface area (Å²) in [6.45, 7) is 7.10. The number of aryl methyl sites for hydroxylation is 1. The molecule has 0 amide bonds. The monoisotopic (exact) mass is 844 g/mol. The average molecular weight is 845 g/mol. The van der Waals surface area contributed by atoms with Crippen LogP contribution in [0.2, 0.25) is 5.82 Å². The van der Waals surface area contributed by atoms with Crippen LogP contribution in [0.1, 0.15) is 87.1 Å². The molecule has 1 atom stereocenters. The first-order chi connectivity index (χ1) is 31.2. The zero-order valence-corrected chi connectivity index (χ0v) is 37.8. The van der Waals surface area contributed by atoms with Gasteiger partial charge in [0.05, 0.1) is 0 Å². The third kappa shape index (κ3) is 5.59. The van der Waals surface area contributed by atoms with Crippen LogP contribution in [0.5, 0.6) is 0 Å². The van der Waals surface area contributed by atoms with Gasteiger partial charge in [-0.05, 0) is 129 Å². The lowest BCUT2D eigenvalue weighted by atomic mass is 9.67. The predicted molar refractivity (Wildman–Crippen MR) is 272 cm³/mol. The van der Waals surface area contributed by atoms with Crippen LogP contribution >= 0.6 is 11.3 Å². The second-order valence-corrected chi connectivity index (χ2v) is 20.9. The van der Waals surface area contributed by atoms with E-state index in [0.717, 1.165) is 57.6 Å². The van der Waals surface area contributed by atoms with E-state index >= 15 is 0 Å². The maximum Gasteiger partial charge on any atom is 0.180 e. The molecule has 310 valence electrons. The summed E-state index contributed by atoms with van der Waals surface area (Å²) in [6.07, 6.45) is 8.48. The first-order valence-corrected chi connectivity index (χ1v) is 24.3. The normalized spacial score (nSPS) is 16.1. The fourth-order valence-electron chi connectivity index (χ4n) is 11.9. The van der Waals surface area contributed by atoms with E-state index in [4.69, 9.17) is 14.4 Å². The number of hydrogen-bond acceptors (Lipinski definition) is 4. The first-order valence-electron chi connectivity index (χ1n) is 23.4. The number of rotatable bonds is 6. The fraction of sp³-hybridized carbons (Fsp3) is 0.220. The van der Waals surface area contributed by atoms with E-state index in [1.165, 1.54) is 108 Å². The SMILES string of the molecule is BC(C)CCc1cccc(-c2nc(-c3cccc4c3sc3ccc(-c5ccc6c(c5)C5(CCCCC5)c5cc7c(cc5-6)C(C)(C)c5ccccc5-7)cc34)c3oc4ccccc4c3n2)c1. The molecule has 0 saturated heterocycles. The van der Waals surface area contributed by atoms with E-state index in [1.807, 2.05) is 23.5 Å². The highest BCUT2D eigenvalue weighted by Gasteiger charge is 2.46. The van der Waals surface area contributed by atoms with Crippen molar-refractivity contribution in [3.05, 3.63) is 167 Å². The van der Waals surface area contributed by atoms with Gasteiger partial charge in [0.15, 0.2) is 11.4 Å². The third-order valence-corrected chi connectivity index (χ3v) is 16.5. The number of hydrogen-bond donors (Lipinski definition) is 0. The Labute approximate surface area is 379 Å². The standard InChI is InChI=1S/C59H49BN2OS/c1-34(60)21-22-35-13-11-14-38(29-35)57-61-53-42-16-6-8-20-51(42)63-55(53)54(62-57)43-18-12-17-41-46-30-36(24-26-52(46)64-56(41)43)37-23-25-40-45-32-48-44(39-15-5-7-19-47(39)58(48,2)3)33-50(45)59(49(40)31-37)27-9-4-10-28-59/h5-8,11-20,23-26,29-34H,4,9-10,21-22,27-28,60H2,1-3H3. The van der Waals surface area contributed by atoms with Gasteiger partial charge in [-0.15, -0.1) is 11.3 Å². The van der Waals surface area contributed by atoms with Crippen LogP contribution in [0, 0.1) is 0 Å². The summed E-state index contributed by atoms with van der Waals surface area (Å²) in [6, 6.07) is 52.6. The van der Waals surface area contributed by atoms with Gasteiger partial charge in [-0.1, -0.05) is 143 Å². The predicted octanol–water partition coefficient (Wildman–Crippen LogP) is 15.7. The van der Waals surface area contributed by atoms with Gasteiger partial charge >= 0.3 is 0 Å². The number of para-hydroxylation sites is 1. The van der Waals surface area contributed by atoms with Crippen molar-refractivity contribution in [2.45, 2.75) is 82.4 Å². The number of nitrogens with zero attached hydrogens (tertiary/aromatic N) is 2. The molecule has 0 N–H and O–H groups in total. The minimum atomic E-state index is -0.0192. The van der Waals surface area contributed by atoms with E-state index < -0.39 is 0 Å². The van der Waals surface area contributed by atoms with Crippen LogP contribution in [0.3, 0.4) is 0 Å². The largest absolute Gasteiger partial charge is 0.452 e. The fourth-order valence-corrected chi connectivity index (χ4v) is 13.1. The Hall–Kier alpha value is -6.30. The smallest absolute Gasteiger partial charge is 0.180 e. The van der Waals surface area contributed by atoms with Gasteiger partial charge in [0.2, 0.25) is 0 Å². The second kappa shape index (κ2) is 14.1. The minimum Gasteiger partial charge on any atom is -0.452 e. The Bertz CT molecular complexity index is 3570. The maximum atomic E-state index is 6.65. The number of thiophene rings is 1. The van der Waals surface area contributed by atoms with Gasteiger partial charge < -0.3 is 4.42 Å². The average Bonchev–Trinajstić information content (AvgIpc) is 4.03. The molecule has 64 heavy (non-hydrogen) atoms. The van der Waals surface area contributed by atoms with Crippen molar-refractivity contribution in [2.75, 3.05) is 0 Å². The molecule has 3 heterocycles. The summed E-state index contributed by atoms with van der Waals surface area (Å²) in [5.74, 6) is 1.37. The molecule has 0 radical (unpaired) electrons. The van der Waals surface area contributed by atoms with E-state index in [-0.39, 0.29) is 10.8 Å². The molecule has 13 rings (SSSR count). The number of aromatic nitrogens is 2. The molecule has 1 unspecified atom stereocenters. The molecule has 3 nitrogen and oxygen atoms in total. The van der Waals surface area contributed by atoms with Gasteiger partial charge in [-0.2, -0.15) is 0 Å². The van der Waals surface area contributed by atoms with Crippen LogP contribution < -0.4 is 0 Å². The summed E-state index contributed by atoms with van der Waals surface area (Å²) in [4.78, 5) is 10.6. The molecule has 7 aromatic carbocycles. The van der Waals surface area contributed by atoms with Gasteiger partial charge in [0.1, 0.15) is 24.6 Å². The van der Waals surface area contributed by atoms with Gasteiger partial charge in [0.25, 0.3) is 0 Å². The van der Waals surface area contributed by atoms with E-state index in [1.54, 1.807) is 5.56 Å². The van der Waals surface area contributed by atoms with Crippen LogP contribution in [-0.2, 0) is 17.3 Å². The first kappa shape index (κ1) is 38.2. The molecule has 1 spiro atoms. The molecule has 1 fully saturated rings. The lowest BCUT2D eigenvalue weighted by Gasteiger charge is -2.36. The van der Waals surface area contributed by atoms with Crippen molar-refractivity contribution >= 4 is 61.4 Å². The molecule has 10 aromatic rings. The van der Waals surface area contributed by atoms with Crippen molar-refractivity contribution in [1.29, 1.82) is 0 Å². The van der Waals surface area contributed by atoms with E-state index in [0.29, 0.717) is 5.82 Å². The van der Waals surface area contributed by atoms with Crippen molar-refractivity contribution in [3.63, 3.8) is 0 Å². The number of furan rings is 1. The Morgan fingerprint density at radius 1 is 0.609 bits per heavy atom.